The largest absolute Gasteiger partial charge is 0.398 e. The Morgan fingerprint density at radius 2 is 2.29 bits per heavy atom. The first-order chi connectivity index (χ1) is 8.09. The second kappa shape index (κ2) is 4.63. The van der Waals surface area contributed by atoms with Gasteiger partial charge in [0.05, 0.1) is 18.8 Å². The van der Waals surface area contributed by atoms with Crippen molar-refractivity contribution in [2.45, 2.75) is 13.0 Å². The topological polar surface area (TPSA) is 81.6 Å². The lowest BCUT2D eigenvalue weighted by Gasteiger charge is -2.35. The predicted octanol–water partition coefficient (Wildman–Crippen LogP) is 0.593. The van der Waals surface area contributed by atoms with Gasteiger partial charge in [0.15, 0.2) is 0 Å². The predicted molar refractivity (Wildman–Crippen MR) is 67.0 cm³/mol. The summed E-state index contributed by atoms with van der Waals surface area (Å²) in [6.07, 6.45) is 0. The van der Waals surface area contributed by atoms with E-state index in [0.29, 0.717) is 24.5 Å². The fourth-order valence-corrected chi connectivity index (χ4v) is 2.05. The molecule has 0 spiro atoms. The molecular weight excluding hydrogens is 218 g/mol. The third kappa shape index (κ3) is 2.34. The van der Waals surface area contributed by atoms with Crippen LogP contribution in [0.2, 0.25) is 0 Å². The number of anilines is 2. The maximum atomic E-state index is 11.2. The Hall–Kier alpha value is -1.75. The van der Waals surface area contributed by atoms with Crippen molar-refractivity contribution in [3.63, 3.8) is 0 Å². The zero-order valence-corrected chi connectivity index (χ0v) is 9.85. The van der Waals surface area contributed by atoms with E-state index in [2.05, 4.69) is 11.8 Å². The van der Waals surface area contributed by atoms with E-state index in [9.17, 15) is 4.79 Å². The number of rotatable bonds is 2. The SMILES string of the molecule is CC1COCCN1c1ccc(N)c(C(N)=O)c1. The normalized spacial score (nSPS) is 20.3. The molecule has 1 fully saturated rings. The Morgan fingerprint density at radius 3 is 2.94 bits per heavy atom. The zero-order valence-electron chi connectivity index (χ0n) is 9.85. The minimum absolute atomic E-state index is 0.285. The van der Waals surface area contributed by atoms with Gasteiger partial charge in [0, 0.05) is 24.0 Å². The van der Waals surface area contributed by atoms with E-state index in [1.807, 2.05) is 6.07 Å². The van der Waals surface area contributed by atoms with Crippen LogP contribution in [0.25, 0.3) is 0 Å². The van der Waals surface area contributed by atoms with E-state index in [-0.39, 0.29) is 6.04 Å². The van der Waals surface area contributed by atoms with Gasteiger partial charge in [0.1, 0.15) is 0 Å². The molecule has 1 saturated heterocycles. The first kappa shape index (κ1) is 11.7. The van der Waals surface area contributed by atoms with E-state index in [1.54, 1.807) is 12.1 Å². The summed E-state index contributed by atoms with van der Waals surface area (Å²) in [6, 6.07) is 5.66. The molecule has 0 aliphatic carbocycles. The molecule has 1 aliphatic heterocycles. The van der Waals surface area contributed by atoms with Crippen molar-refractivity contribution in [1.82, 2.24) is 0 Å². The van der Waals surface area contributed by atoms with Gasteiger partial charge in [-0.2, -0.15) is 0 Å². The van der Waals surface area contributed by atoms with Crippen molar-refractivity contribution in [3.05, 3.63) is 23.8 Å². The van der Waals surface area contributed by atoms with Crippen LogP contribution < -0.4 is 16.4 Å². The van der Waals surface area contributed by atoms with Crippen molar-refractivity contribution in [2.24, 2.45) is 5.73 Å². The van der Waals surface area contributed by atoms with Crippen LogP contribution in [0.15, 0.2) is 18.2 Å². The Morgan fingerprint density at radius 1 is 1.53 bits per heavy atom. The molecule has 1 unspecified atom stereocenters. The van der Waals surface area contributed by atoms with E-state index >= 15 is 0 Å². The molecule has 4 N–H and O–H groups in total. The lowest BCUT2D eigenvalue weighted by molar-refractivity contribution is 0.0988. The molecule has 2 rings (SSSR count). The van der Waals surface area contributed by atoms with E-state index in [0.717, 1.165) is 12.2 Å². The summed E-state index contributed by atoms with van der Waals surface area (Å²) in [6.45, 7) is 4.28. The molecule has 5 heteroatoms. The molecule has 92 valence electrons. The van der Waals surface area contributed by atoms with Gasteiger partial charge in [-0.25, -0.2) is 0 Å². The summed E-state index contributed by atoms with van der Waals surface area (Å²) in [5.41, 5.74) is 12.8. The summed E-state index contributed by atoms with van der Waals surface area (Å²) in [4.78, 5) is 13.4. The summed E-state index contributed by atoms with van der Waals surface area (Å²) in [5.74, 6) is -0.495. The number of benzene rings is 1. The Labute approximate surface area is 100 Å². The maximum absolute atomic E-state index is 11.2. The smallest absolute Gasteiger partial charge is 0.250 e. The fourth-order valence-electron chi connectivity index (χ4n) is 2.05. The number of amides is 1. The molecule has 0 aromatic heterocycles. The highest BCUT2D eigenvalue weighted by Gasteiger charge is 2.20. The van der Waals surface area contributed by atoms with Crippen LogP contribution in [0.5, 0.6) is 0 Å². The zero-order chi connectivity index (χ0) is 12.4. The second-order valence-electron chi connectivity index (χ2n) is 4.25. The number of carbonyl (C=O) groups is 1. The van der Waals surface area contributed by atoms with Crippen molar-refractivity contribution >= 4 is 17.3 Å². The quantitative estimate of drug-likeness (QED) is 0.735. The highest BCUT2D eigenvalue weighted by atomic mass is 16.5. The third-order valence-electron chi connectivity index (χ3n) is 3.00. The number of nitrogens with two attached hydrogens (primary N) is 2. The molecule has 0 saturated carbocycles. The number of ether oxygens (including phenoxy) is 1. The second-order valence-corrected chi connectivity index (χ2v) is 4.25. The average Bonchev–Trinajstić information content (AvgIpc) is 2.30. The van der Waals surface area contributed by atoms with Gasteiger partial charge in [-0.3, -0.25) is 4.79 Å². The van der Waals surface area contributed by atoms with Gasteiger partial charge in [-0.15, -0.1) is 0 Å². The molecule has 1 amide bonds. The highest BCUT2D eigenvalue weighted by Crippen LogP contribution is 2.24. The molecule has 5 nitrogen and oxygen atoms in total. The minimum atomic E-state index is -0.495. The molecule has 1 aromatic carbocycles. The van der Waals surface area contributed by atoms with Gasteiger partial charge < -0.3 is 21.1 Å². The average molecular weight is 235 g/mol. The van der Waals surface area contributed by atoms with Crippen LogP contribution in [-0.4, -0.2) is 31.7 Å². The minimum Gasteiger partial charge on any atom is -0.398 e. The number of primary amides is 1. The van der Waals surface area contributed by atoms with Crippen LogP contribution >= 0.6 is 0 Å². The van der Waals surface area contributed by atoms with E-state index < -0.39 is 5.91 Å². The molecule has 17 heavy (non-hydrogen) atoms. The molecule has 0 radical (unpaired) electrons. The van der Waals surface area contributed by atoms with Gasteiger partial charge in [-0.1, -0.05) is 0 Å². The molecule has 1 atom stereocenters. The summed E-state index contributed by atoms with van der Waals surface area (Å²) >= 11 is 0. The number of morpholine rings is 1. The van der Waals surface area contributed by atoms with Crippen LogP contribution in [-0.2, 0) is 4.74 Å². The molecule has 1 aromatic rings. The van der Waals surface area contributed by atoms with Gasteiger partial charge in [0.2, 0.25) is 0 Å². The Kier molecular flexibility index (Phi) is 3.19. The molecule has 1 aliphatic rings. The van der Waals surface area contributed by atoms with Crippen molar-refractivity contribution in [2.75, 3.05) is 30.4 Å². The number of carbonyl (C=O) groups excluding carboxylic acids is 1. The highest BCUT2D eigenvalue weighted by molar-refractivity contribution is 5.99. The third-order valence-corrected chi connectivity index (χ3v) is 3.00. The van der Waals surface area contributed by atoms with Crippen LogP contribution in [0.1, 0.15) is 17.3 Å². The van der Waals surface area contributed by atoms with Gasteiger partial charge in [0.25, 0.3) is 5.91 Å². The standard InChI is InChI=1S/C12H17N3O2/c1-8-7-17-5-4-15(8)9-2-3-11(13)10(6-9)12(14)16/h2-3,6,8H,4-5,7,13H2,1H3,(H2,14,16). The molecular formula is C12H17N3O2. The van der Waals surface area contributed by atoms with Crippen LogP contribution in [0.4, 0.5) is 11.4 Å². The van der Waals surface area contributed by atoms with Gasteiger partial charge in [-0.05, 0) is 25.1 Å². The summed E-state index contributed by atoms with van der Waals surface area (Å²) in [5, 5.41) is 0. The first-order valence-corrected chi connectivity index (χ1v) is 5.63. The van der Waals surface area contributed by atoms with Crippen molar-refractivity contribution < 1.29 is 9.53 Å². The van der Waals surface area contributed by atoms with E-state index in [4.69, 9.17) is 16.2 Å². The number of hydrogen-bond acceptors (Lipinski definition) is 4. The van der Waals surface area contributed by atoms with Crippen molar-refractivity contribution in [1.29, 1.82) is 0 Å². The van der Waals surface area contributed by atoms with Crippen LogP contribution in [0, 0.1) is 0 Å². The number of nitrogens with zero attached hydrogens (tertiary/aromatic N) is 1. The number of hydrogen-bond donors (Lipinski definition) is 2. The monoisotopic (exact) mass is 235 g/mol. The molecule has 0 bridgehead atoms. The Bertz CT molecular complexity index is 434. The number of nitrogen functional groups attached to an aromatic ring is 1. The lowest BCUT2D eigenvalue weighted by Crippen LogP contribution is -2.43. The maximum Gasteiger partial charge on any atom is 0.250 e. The summed E-state index contributed by atoms with van der Waals surface area (Å²) in [7, 11) is 0. The summed E-state index contributed by atoms with van der Waals surface area (Å²) < 4.78 is 5.38. The molecule has 1 heterocycles. The van der Waals surface area contributed by atoms with Crippen LogP contribution in [0.3, 0.4) is 0 Å². The van der Waals surface area contributed by atoms with E-state index in [1.165, 1.54) is 0 Å². The van der Waals surface area contributed by atoms with Crippen molar-refractivity contribution in [3.8, 4) is 0 Å². The Balaban J connectivity index is 2.32. The lowest BCUT2D eigenvalue weighted by atomic mass is 10.1. The van der Waals surface area contributed by atoms with Gasteiger partial charge >= 0.3 is 0 Å². The fraction of sp³-hybridized carbons (Fsp3) is 0.417. The first-order valence-electron chi connectivity index (χ1n) is 5.63.